The van der Waals surface area contributed by atoms with E-state index >= 15 is 0 Å². The fourth-order valence-corrected chi connectivity index (χ4v) is 2.72. The number of nitrogens with one attached hydrogen (secondary N) is 1. The average Bonchev–Trinajstić information content (AvgIpc) is 2.46. The quantitative estimate of drug-likeness (QED) is 0.653. The molecule has 1 aliphatic rings. The molecular weight excluding hydrogens is 272 g/mol. The highest BCUT2D eigenvalue weighted by Crippen LogP contribution is 2.35. The third-order valence-corrected chi connectivity index (χ3v) is 4.10. The Morgan fingerprint density at radius 2 is 2.14 bits per heavy atom. The van der Waals surface area contributed by atoms with Crippen LogP contribution in [-0.4, -0.2) is 22.4 Å². The molecule has 21 heavy (non-hydrogen) atoms. The molecule has 0 atom stereocenters. The second-order valence-corrected chi connectivity index (χ2v) is 5.94. The fraction of sp³-hybridized carbons (Fsp3) is 0.571. The Hall–Kier alpha value is -2.18. The monoisotopic (exact) mass is 292 g/mol. The molecule has 1 aliphatic carbocycles. The van der Waals surface area contributed by atoms with E-state index in [0.717, 1.165) is 19.0 Å². The number of carbonyl (C=O) groups is 1. The van der Waals surface area contributed by atoms with Crippen molar-refractivity contribution in [3.8, 4) is 0 Å². The number of hydrogen-bond donors (Lipinski definition) is 2. The van der Waals surface area contributed by atoms with Crippen molar-refractivity contribution in [1.82, 2.24) is 10.3 Å². The van der Waals surface area contributed by atoms with Crippen molar-refractivity contribution < 1.29 is 9.72 Å². The summed E-state index contributed by atoms with van der Waals surface area (Å²) in [4.78, 5) is 26.0. The lowest BCUT2D eigenvalue weighted by Crippen LogP contribution is -2.37. The molecule has 0 spiro atoms. The molecule has 1 heterocycles. The zero-order valence-corrected chi connectivity index (χ0v) is 12.1. The Bertz CT molecular complexity index is 553. The number of anilines is 1. The number of nitrogen functional groups attached to an aromatic ring is 1. The van der Waals surface area contributed by atoms with E-state index in [2.05, 4.69) is 17.2 Å². The van der Waals surface area contributed by atoms with Gasteiger partial charge in [-0.25, -0.2) is 4.98 Å². The van der Waals surface area contributed by atoms with E-state index in [0.29, 0.717) is 6.54 Å². The van der Waals surface area contributed by atoms with E-state index in [1.165, 1.54) is 25.3 Å². The summed E-state index contributed by atoms with van der Waals surface area (Å²) in [6.07, 6.45) is 6.80. The minimum Gasteiger partial charge on any atom is -0.383 e. The van der Waals surface area contributed by atoms with Crippen LogP contribution in [0.2, 0.25) is 0 Å². The molecule has 3 N–H and O–H groups in total. The Morgan fingerprint density at radius 1 is 1.48 bits per heavy atom. The molecule has 7 heteroatoms. The number of hydrogen-bond acceptors (Lipinski definition) is 5. The first-order valence-corrected chi connectivity index (χ1v) is 7.09. The molecule has 1 aromatic rings. The van der Waals surface area contributed by atoms with Gasteiger partial charge >= 0.3 is 0 Å². The van der Waals surface area contributed by atoms with E-state index in [1.54, 1.807) is 0 Å². The number of amides is 1. The van der Waals surface area contributed by atoms with Gasteiger partial charge in [0.05, 0.1) is 10.5 Å². The number of nitrogens with zero attached hydrogens (tertiary/aromatic N) is 2. The molecule has 0 aliphatic heterocycles. The molecule has 0 radical (unpaired) electrons. The van der Waals surface area contributed by atoms with E-state index in [1.807, 2.05) is 0 Å². The van der Waals surface area contributed by atoms with Gasteiger partial charge in [-0.1, -0.05) is 26.2 Å². The number of aromatic nitrogens is 1. The molecule has 0 saturated heterocycles. The Morgan fingerprint density at radius 3 is 2.76 bits per heavy atom. The van der Waals surface area contributed by atoms with Gasteiger partial charge in [0.2, 0.25) is 0 Å². The van der Waals surface area contributed by atoms with Crippen molar-refractivity contribution in [3.63, 3.8) is 0 Å². The van der Waals surface area contributed by atoms with Crippen molar-refractivity contribution in [3.05, 3.63) is 27.9 Å². The van der Waals surface area contributed by atoms with Gasteiger partial charge in [-0.3, -0.25) is 14.9 Å². The maximum Gasteiger partial charge on any atom is 0.288 e. The maximum atomic E-state index is 12.2. The smallest absolute Gasteiger partial charge is 0.288 e. The zero-order valence-electron chi connectivity index (χ0n) is 12.1. The van der Waals surface area contributed by atoms with Crippen LogP contribution >= 0.6 is 0 Å². The molecule has 7 nitrogen and oxygen atoms in total. The summed E-state index contributed by atoms with van der Waals surface area (Å²) >= 11 is 0. The van der Waals surface area contributed by atoms with Gasteiger partial charge in [-0.2, -0.15) is 0 Å². The van der Waals surface area contributed by atoms with Gasteiger partial charge in [0.1, 0.15) is 12.0 Å². The van der Waals surface area contributed by atoms with E-state index < -0.39 is 10.8 Å². The van der Waals surface area contributed by atoms with Crippen LogP contribution in [-0.2, 0) is 0 Å². The predicted octanol–water partition coefficient (Wildman–Crippen LogP) is 2.27. The topological polar surface area (TPSA) is 111 Å². The zero-order chi connectivity index (χ0) is 15.5. The van der Waals surface area contributed by atoms with Crippen LogP contribution < -0.4 is 11.1 Å². The van der Waals surface area contributed by atoms with Crippen molar-refractivity contribution in [2.75, 3.05) is 12.3 Å². The molecule has 0 bridgehead atoms. The molecule has 2 rings (SSSR count). The molecule has 1 saturated carbocycles. The molecule has 0 aromatic carbocycles. The second kappa shape index (κ2) is 6.07. The number of nitrogens with two attached hydrogens (primary N) is 1. The van der Waals surface area contributed by atoms with Gasteiger partial charge in [0, 0.05) is 12.6 Å². The van der Waals surface area contributed by atoms with E-state index in [-0.39, 0.29) is 22.5 Å². The molecule has 0 unspecified atom stereocenters. The van der Waals surface area contributed by atoms with Gasteiger partial charge in [0.15, 0.2) is 0 Å². The lowest BCUT2D eigenvalue weighted by atomic mass is 9.76. The van der Waals surface area contributed by atoms with Crippen molar-refractivity contribution in [2.45, 2.75) is 39.0 Å². The van der Waals surface area contributed by atoms with Crippen LogP contribution in [0.1, 0.15) is 49.4 Å². The van der Waals surface area contributed by atoms with Gasteiger partial charge in [-0.15, -0.1) is 0 Å². The van der Waals surface area contributed by atoms with Crippen LogP contribution in [0.3, 0.4) is 0 Å². The highest BCUT2D eigenvalue weighted by Gasteiger charge is 2.27. The first kappa shape index (κ1) is 15.2. The first-order valence-electron chi connectivity index (χ1n) is 7.09. The highest BCUT2D eigenvalue weighted by molar-refractivity contribution is 5.98. The third kappa shape index (κ3) is 3.68. The lowest BCUT2D eigenvalue weighted by molar-refractivity contribution is -0.385. The summed E-state index contributed by atoms with van der Waals surface area (Å²) in [5, 5.41) is 13.6. The first-order chi connectivity index (χ1) is 9.91. The Balaban J connectivity index is 2.06. The minimum absolute atomic E-state index is 0.00639. The van der Waals surface area contributed by atoms with Crippen LogP contribution in [0.4, 0.5) is 11.5 Å². The summed E-state index contributed by atoms with van der Waals surface area (Å²) in [5.41, 5.74) is 5.55. The largest absolute Gasteiger partial charge is 0.383 e. The highest BCUT2D eigenvalue weighted by atomic mass is 16.6. The van der Waals surface area contributed by atoms with Gasteiger partial charge in [-0.05, 0) is 18.3 Å². The molecule has 1 aromatic heterocycles. The number of carbonyl (C=O) groups excluding carboxylic acids is 1. The summed E-state index contributed by atoms with van der Waals surface area (Å²) in [6.45, 7) is 2.70. The Kier molecular flexibility index (Phi) is 4.40. The maximum absolute atomic E-state index is 12.2. The van der Waals surface area contributed by atoms with E-state index in [4.69, 9.17) is 5.73 Å². The van der Waals surface area contributed by atoms with Crippen LogP contribution in [0.25, 0.3) is 0 Å². The number of nitro groups is 1. The van der Waals surface area contributed by atoms with Crippen molar-refractivity contribution in [1.29, 1.82) is 0 Å². The average molecular weight is 292 g/mol. The fourth-order valence-electron chi connectivity index (χ4n) is 2.72. The summed E-state index contributed by atoms with van der Waals surface area (Å²) in [7, 11) is 0. The molecule has 114 valence electrons. The molecule has 1 fully saturated rings. The van der Waals surface area contributed by atoms with Gasteiger partial charge in [0.25, 0.3) is 11.6 Å². The Labute approximate surface area is 123 Å². The number of rotatable bonds is 4. The number of pyridine rings is 1. The van der Waals surface area contributed by atoms with Crippen molar-refractivity contribution >= 4 is 17.4 Å². The second-order valence-electron chi connectivity index (χ2n) is 5.94. The summed E-state index contributed by atoms with van der Waals surface area (Å²) in [6, 6.07) is 1.17. The minimum atomic E-state index is -0.592. The summed E-state index contributed by atoms with van der Waals surface area (Å²) in [5.74, 6) is -0.401. The van der Waals surface area contributed by atoms with Crippen molar-refractivity contribution in [2.24, 2.45) is 5.41 Å². The van der Waals surface area contributed by atoms with Crippen LogP contribution in [0.15, 0.2) is 12.3 Å². The third-order valence-electron chi connectivity index (χ3n) is 4.10. The normalized spacial score (nSPS) is 17.2. The summed E-state index contributed by atoms with van der Waals surface area (Å²) < 4.78 is 0. The standard InChI is InChI=1S/C14H20N4O3/c1-14(5-3-2-4-6-14)9-17-13(19)11-7-10(18(20)21)8-16-12(11)15/h7-8H,2-6,9H2,1H3,(H2,15,16)(H,17,19). The van der Waals surface area contributed by atoms with Gasteiger partial charge < -0.3 is 11.1 Å². The molecular formula is C14H20N4O3. The van der Waals surface area contributed by atoms with Crippen LogP contribution in [0, 0.1) is 15.5 Å². The molecule has 1 amide bonds. The van der Waals surface area contributed by atoms with Crippen LogP contribution in [0.5, 0.6) is 0 Å². The van der Waals surface area contributed by atoms with E-state index in [9.17, 15) is 14.9 Å². The predicted molar refractivity (Wildman–Crippen MR) is 78.8 cm³/mol. The lowest BCUT2D eigenvalue weighted by Gasteiger charge is -2.33. The SMILES string of the molecule is CC1(CNC(=O)c2cc([N+](=O)[O-])cnc2N)CCCCC1.